The van der Waals surface area contributed by atoms with Crippen LogP contribution in [0.15, 0.2) is 48.5 Å². The Kier molecular flexibility index (Phi) is 4.79. The number of nitrogens with one attached hydrogen (secondary N) is 2. The van der Waals surface area contributed by atoms with Crippen LogP contribution in [0.4, 0.5) is 4.39 Å². The fourth-order valence-electron chi connectivity index (χ4n) is 2.59. The number of aromatic amines is 1. The molecule has 3 aromatic rings. The van der Waals surface area contributed by atoms with Gasteiger partial charge in [-0.05, 0) is 54.6 Å². The summed E-state index contributed by atoms with van der Waals surface area (Å²) in [5, 5.41) is 3.95. The predicted octanol–water partition coefficient (Wildman–Crippen LogP) is 3.35. The van der Waals surface area contributed by atoms with Crippen LogP contribution in [-0.4, -0.2) is 24.0 Å². The third-order valence-electron chi connectivity index (χ3n) is 3.75. The molecule has 0 atom stereocenters. The second-order valence-corrected chi connectivity index (χ2v) is 5.69. The molecule has 3 rings (SSSR count). The average Bonchev–Trinajstić information content (AvgIpc) is 2.93. The first-order chi connectivity index (χ1) is 11.6. The van der Waals surface area contributed by atoms with E-state index >= 15 is 0 Å². The molecule has 0 aliphatic carbocycles. The lowest BCUT2D eigenvalue weighted by molar-refractivity contribution is -0.123. The molecule has 1 aromatic heterocycles. The molecule has 0 saturated heterocycles. The van der Waals surface area contributed by atoms with E-state index in [0.717, 1.165) is 23.2 Å². The lowest BCUT2D eigenvalue weighted by Crippen LogP contribution is -2.30. The minimum atomic E-state index is -0.472. The van der Waals surface area contributed by atoms with Gasteiger partial charge in [0.05, 0.1) is 0 Å². The first-order valence-electron chi connectivity index (χ1n) is 7.84. The maximum Gasteiger partial charge on any atom is 0.257 e. The molecule has 0 aliphatic heterocycles. The Balaban J connectivity index is 1.46. The van der Waals surface area contributed by atoms with Gasteiger partial charge in [0.15, 0.2) is 18.2 Å². The van der Waals surface area contributed by atoms with Crippen molar-refractivity contribution in [3.63, 3.8) is 0 Å². The van der Waals surface area contributed by atoms with Crippen molar-refractivity contribution in [2.24, 2.45) is 0 Å². The molecule has 5 heteroatoms. The zero-order chi connectivity index (χ0) is 16.9. The highest BCUT2D eigenvalue weighted by atomic mass is 19.1. The maximum atomic E-state index is 13.4. The standard InChI is InChI=1S/C19H19FN2O2/c1-13-10-15-11-14(6-7-17(15)22-13)8-9-21-19(23)12-24-18-5-3-2-4-16(18)20/h2-7,10-11,22H,8-9,12H2,1H3,(H,21,23). The molecule has 2 N–H and O–H groups in total. The van der Waals surface area contributed by atoms with Gasteiger partial charge in [0.1, 0.15) is 0 Å². The number of para-hydroxylation sites is 1. The van der Waals surface area contributed by atoms with E-state index in [1.165, 1.54) is 17.5 Å². The minimum Gasteiger partial charge on any atom is -0.481 e. The Bertz CT molecular complexity index is 857. The topological polar surface area (TPSA) is 54.1 Å². The number of aromatic nitrogens is 1. The van der Waals surface area contributed by atoms with Gasteiger partial charge in [-0.25, -0.2) is 4.39 Å². The van der Waals surface area contributed by atoms with Gasteiger partial charge in [0.2, 0.25) is 0 Å². The molecule has 4 nitrogen and oxygen atoms in total. The quantitative estimate of drug-likeness (QED) is 0.730. The third kappa shape index (κ3) is 3.93. The van der Waals surface area contributed by atoms with Crippen molar-refractivity contribution in [3.8, 4) is 5.75 Å². The summed E-state index contributed by atoms with van der Waals surface area (Å²) < 4.78 is 18.6. The van der Waals surface area contributed by atoms with Gasteiger partial charge in [-0.2, -0.15) is 0 Å². The largest absolute Gasteiger partial charge is 0.481 e. The molecular weight excluding hydrogens is 307 g/mol. The molecule has 0 radical (unpaired) electrons. The van der Waals surface area contributed by atoms with Crippen LogP contribution in [0.25, 0.3) is 10.9 Å². The Morgan fingerprint density at radius 2 is 2.04 bits per heavy atom. The molecule has 0 bridgehead atoms. The number of benzene rings is 2. The lowest BCUT2D eigenvalue weighted by atomic mass is 10.1. The van der Waals surface area contributed by atoms with E-state index in [0.29, 0.717) is 6.54 Å². The number of carbonyl (C=O) groups excluding carboxylic acids is 1. The van der Waals surface area contributed by atoms with Gasteiger partial charge in [0.25, 0.3) is 5.91 Å². The second-order valence-electron chi connectivity index (χ2n) is 5.69. The molecule has 2 aromatic carbocycles. The highest BCUT2D eigenvalue weighted by Gasteiger charge is 2.06. The first-order valence-corrected chi connectivity index (χ1v) is 7.84. The number of hydrogen-bond donors (Lipinski definition) is 2. The van der Waals surface area contributed by atoms with Crippen LogP contribution in [0.2, 0.25) is 0 Å². The first kappa shape index (κ1) is 16.1. The molecule has 1 heterocycles. The van der Waals surface area contributed by atoms with E-state index < -0.39 is 5.82 Å². The molecule has 1 amide bonds. The molecular formula is C19H19FN2O2. The summed E-state index contributed by atoms with van der Waals surface area (Å²) in [7, 11) is 0. The highest BCUT2D eigenvalue weighted by molar-refractivity contribution is 5.81. The second kappa shape index (κ2) is 7.17. The number of H-pyrrole nitrogens is 1. The van der Waals surface area contributed by atoms with Crippen LogP contribution >= 0.6 is 0 Å². The summed E-state index contributed by atoms with van der Waals surface area (Å²) in [5.41, 5.74) is 3.39. The smallest absolute Gasteiger partial charge is 0.257 e. The van der Waals surface area contributed by atoms with Crippen LogP contribution in [0.1, 0.15) is 11.3 Å². The van der Waals surface area contributed by atoms with Crippen LogP contribution in [0.5, 0.6) is 5.75 Å². The molecule has 0 spiro atoms. The highest BCUT2D eigenvalue weighted by Crippen LogP contribution is 2.17. The lowest BCUT2D eigenvalue weighted by Gasteiger charge is -2.08. The average molecular weight is 326 g/mol. The van der Waals surface area contributed by atoms with Crippen LogP contribution in [-0.2, 0) is 11.2 Å². The van der Waals surface area contributed by atoms with Crippen LogP contribution in [0.3, 0.4) is 0 Å². The van der Waals surface area contributed by atoms with Crippen LogP contribution < -0.4 is 10.1 Å². The maximum absolute atomic E-state index is 13.4. The van der Waals surface area contributed by atoms with E-state index in [1.807, 2.05) is 19.1 Å². The van der Waals surface area contributed by atoms with Crippen molar-refractivity contribution >= 4 is 16.8 Å². The van der Waals surface area contributed by atoms with E-state index in [-0.39, 0.29) is 18.3 Å². The summed E-state index contributed by atoms with van der Waals surface area (Å²) >= 11 is 0. The fourth-order valence-corrected chi connectivity index (χ4v) is 2.59. The SMILES string of the molecule is Cc1cc2cc(CCNC(=O)COc3ccccc3F)ccc2[nH]1. The van der Waals surface area contributed by atoms with Gasteiger partial charge in [0, 0.05) is 17.8 Å². The summed E-state index contributed by atoms with van der Waals surface area (Å²) in [6.07, 6.45) is 0.728. The van der Waals surface area contributed by atoms with Gasteiger partial charge in [-0.3, -0.25) is 4.79 Å². The number of halogens is 1. The molecule has 24 heavy (non-hydrogen) atoms. The molecule has 124 valence electrons. The Morgan fingerprint density at radius 1 is 1.21 bits per heavy atom. The number of hydrogen-bond acceptors (Lipinski definition) is 2. The van der Waals surface area contributed by atoms with Crippen molar-refractivity contribution in [2.45, 2.75) is 13.3 Å². The van der Waals surface area contributed by atoms with E-state index in [9.17, 15) is 9.18 Å². The van der Waals surface area contributed by atoms with Gasteiger partial charge in [-0.15, -0.1) is 0 Å². The number of rotatable bonds is 6. The number of aryl methyl sites for hydroxylation is 1. The minimum absolute atomic E-state index is 0.0842. The van der Waals surface area contributed by atoms with E-state index in [4.69, 9.17) is 4.74 Å². The van der Waals surface area contributed by atoms with Crippen molar-refractivity contribution in [3.05, 3.63) is 65.6 Å². The summed E-state index contributed by atoms with van der Waals surface area (Å²) in [6, 6.07) is 14.3. The molecule has 0 fully saturated rings. The third-order valence-corrected chi connectivity index (χ3v) is 3.75. The molecule has 0 saturated carbocycles. The number of amides is 1. The number of fused-ring (bicyclic) bond motifs is 1. The normalized spacial score (nSPS) is 10.8. The monoisotopic (exact) mass is 326 g/mol. The number of carbonyl (C=O) groups is 1. The Morgan fingerprint density at radius 3 is 2.88 bits per heavy atom. The fraction of sp³-hybridized carbons (Fsp3) is 0.211. The van der Waals surface area contributed by atoms with Crippen molar-refractivity contribution in [1.82, 2.24) is 10.3 Å². The molecule has 0 unspecified atom stereocenters. The molecule has 0 aliphatic rings. The van der Waals surface area contributed by atoms with Crippen molar-refractivity contribution in [1.29, 1.82) is 0 Å². The van der Waals surface area contributed by atoms with Gasteiger partial charge in [-0.1, -0.05) is 18.2 Å². The van der Waals surface area contributed by atoms with Gasteiger partial charge < -0.3 is 15.0 Å². The summed E-state index contributed by atoms with van der Waals surface area (Å²) in [4.78, 5) is 15.0. The van der Waals surface area contributed by atoms with Crippen molar-refractivity contribution < 1.29 is 13.9 Å². The predicted molar refractivity (Wildman–Crippen MR) is 91.6 cm³/mol. The van der Waals surface area contributed by atoms with Crippen LogP contribution in [0, 0.1) is 12.7 Å². The summed E-state index contributed by atoms with van der Waals surface area (Å²) in [6.45, 7) is 2.33. The summed E-state index contributed by atoms with van der Waals surface area (Å²) in [5.74, 6) is -0.654. The van der Waals surface area contributed by atoms with E-state index in [1.54, 1.807) is 12.1 Å². The Hall–Kier alpha value is -2.82. The zero-order valence-electron chi connectivity index (χ0n) is 13.4. The van der Waals surface area contributed by atoms with Crippen molar-refractivity contribution in [2.75, 3.05) is 13.2 Å². The number of ether oxygens (including phenoxy) is 1. The van der Waals surface area contributed by atoms with Gasteiger partial charge >= 0.3 is 0 Å². The van der Waals surface area contributed by atoms with E-state index in [2.05, 4.69) is 22.4 Å². The zero-order valence-corrected chi connectivity index (χ0v) is 13.4. The Labute approximate surface area is 139 Å².